The fraction of sp³-hybridized carbons (Fsp3) is 0.583. The van der Waals surface area contributed by atoms with Crippen molar-refractivity contribution in [1.29, 1.82) is 0 Å². The number of halogens is 3. The van der Waals surface area contributed by atoms with Gasteiger partial charge in [0.25, 0.3) is 0 Å². The molecule has 0 aliphatic heterocycles. The zero-order valence-electron chi connectivity index (χ0n) is 19.5. The van der Waals surface area contributed by atoms with Crippen LogP contribution in [0.15, 0.2) is 0 Å². The van der Waals surface area contributed by atoms with Gasteiger partial charge < -0.3 is 10.1 Å². The van der Waals surface area contributed by atoms with E-state index < -0.39 is 23.1 Å². The van der Waals surface area contributed by atoms with Gasteiger partial charge in [-0.15, -0.1) is 22.7 Å². The molecule has 2 aromatic rings. The summed E-state index contributed by atoms with van der Waals surface area (Å²) in [6.45, 7) is 5.96. The SMILES string of the molecule is CCOC(=O)c1c(NC(=O)NCc2c(C(F)(F)F)sc3c2CCCC3)sc2c1CC(C)CC2C. The Bertz CT molecular complexity index is 1090. The Kier molecular flexibility index (Phi) is 7.28. The third kappa shape index (κ3) is 4.98. The second-order valence-corrected chi connectivity index (χ2v) is 11.3. The summed E-state index contributed by atoms with van der Waals surface area (Å²) in [4.78, 5) is 26.7. The summed E-state index contributed by atoms with van der Waals surface area (Å²) in [7, 11) is 0. The highest BCUT2D eigenvalue weighted by atomic mass is 32.1. The average Bonchev–Trinajstić information content (AvgIpc) is 3.31. The zero-order valence-corrected chi connectivity index (χ0v) is 21.1. The molecule has 4 rings (SSSR count). The number of esters is 1. The van der Waals surface area contributed by atoms with Crippen LogP contribution in [0.4, 0.5) is 23.0 Å². The molecule has 0 saturated heterocycles. The lowest BCUT2D eigenvalue weighted by Crippen LogP contribution is -2.29. The highest BCUT2D eigenvalue weighted by Crippen LogP contribution is 2.46. The predicted molar refractivity (Wildman–Crippen MR) is 128 cm³/mol. The van der Waals surface area contributed by atoms with Gasteiger partial charge in [0.2, 0.25) is 0 Å². The van der Waals surface area contributed by atoms with Gasteiger partial charge in [0.15, 0.2) is 0 Å². The minimum atomic E-state index is -4.45. The first-order valence-electron chi connectivity index (χ1n) is 11.7. The molecule has 0 aromatic carbocycles. The number of hydrogen-bond donors (Lipinski definition) is 2. The van der Waals surface area contributed by atoms with Crippen molar-refractivity contribution >= 4 is 39.7 Å². The lowest BCUT2D eigenvalue weighted by molar-refractivity contribution is -0.135. The quantitative estimate of drug-likeness (QED) is 0.427. The number of urea groups is 1. The van der Waals surface area contributed by atoms with Crippen molar-refractivity contribution in [3.05, 3.63) is 36.9 Å². The van der Waals surface area contributed by atoms with Gasteiger partial charge in [-0.25, -0.2) is 9.59 Å². The molecule has 0 saturated carbocycles. The van der Waals surface area contributed by atoms with Crippen molar-refractivity contribution in [2.45, 2.75) is 77.9 Å². The van der Waals surface area contributed by atoms with E-state index in [-0.39, 0.29) is 24.6 Å². The molecular formula is C24H29F3N2O3S2. The van der Waals surface area contributed by atoms with Crippen molar-refractivity contribution < 1.29 is 27.5 Å². The number of amides is 2. The molecule has 2 atom stereocenters. The maximum absolute atomic E-state index is 13.7. The standard InChI is InChI=1S/C24H29F3N2O3S2/c1-4-32-22(30)18-15-10-12(2)9-13(3)19(15)34-21(18)29-23(31)28-11-16-14-7-5-6-8-17(14)33-20(16)24(25,26)27/h12-13H,4-11H2,1-3H3,(H2,28,29,31). The van der Waals surface area contributed by atoms with Crippen molar-refractivity contribution in [2.75, 3.05) is 11.9 Å². The van der Waals surface area contributed by atoms with Gasteiger partial charge in [-0.05, 0) is 74.0 Å². The summed E-state index contributed by atoms with van der Waals surface area (Å²) in [5.41, 5.74) is 2.18. The maximum atomic E-state index is 13.7. The van der Waals surface area contributed by atoms with Crippen LogP contribution in [0, 0.1) is 5.92 Å². The smallest absolute Gasteiger partial charge is 0.425 e. The van der Waals surface area contributed by atoms with Crippen LogP contribution in [0.2, 0.25) is 0 Å². The first kappa shape index (κ1) is 25.0. The van der Waals surface area contributed by atoms with Crippen molar-refractivity contribution in [1.82, 2.24) is 5.32 Å². The number of nitrogens with one attached hydrogen (secondary N) is 2. The lowest BCUT2D eigenvalue weighted by atomic mass is 9.82. The first-order valence-corrected chi connectivity index (χ1v) is 13.3. The number of fused-ring (bicyclic) bond motifs is 2. The largest absolute Gasteiger partial charge is 0.462 e. The van der Waals surface area contributed by atoms with E-state index in [0.29, 0.717) is 29.3 Å². The number of alkyl halides is 3. The zero-order chi connectivity index (χ0) is 24.6. The average molecular weight is 515 g/mol. The van der Waals surface area contributed by atoms with Gasteiger partial charge >= 0.3 is 18.2 Å². The molecule has 2 aliphatic rings. The van der Waals surface area contributed by atoms with E-state index in [1.165, 1.54) is 11.3 Å². The van der Waals surface area contributed by atoms with Crippen molar-refractivity contribution in [2.24, 2.45) is 5.92 Å². The summed E-state index contributed by atoms with van der Waals surface area (Å²) in [5, 5.41) is 5.73. The number of ether oxygens (including phenoxy) is 1. The molecule has 186 valence electrons. The number of rotatable bonds is 5. The summed E-state index contributed by atoms with van der Waals surface area (Å²) in [6.07, 6.45) is 0.243. The van der Waals surface area contributed by atoms with E-state index in [1.54, 1.807) is 6.92 Å². The molecule has 2 N–H and O–H groups in total. The Balaban J connectivity index is 1.56. The molecule has 2 unspecified atom stereocenters. The second kappa shape index (κ2) is 9.89. The van der Waals surface area contributed by atoms with Gasteiger partial charge in [0.05, 0.1) is 12.2 Å². The third-order valence-electron chi connectivity index (χ3n) is 6.47. The number of aryl methyl sites for hydroxylation is 1. The van der Waals surface area contributed by atoms with E-state index in [0.717, 1.165) is 57.9 Å². The van der Waals surface area contributed by atoms with Gasteiger partial charge in [0, 0.05) is 16.3 Å². The van der Waals surface area contributed by atoms with Gasteiger partial charge in [0.1, 0.15) is 9.88 Å². The molecule has 2 aliphatic carbocycles. The van der Waals surface area contributed by atoms with E-state index in [4.69, 9.17) is 4.74 Å². The Morgan fingerprint density at radius 3 is 2.56 bits per heavy atom. The van der Waals surface area contributed by atoms with E-state index in [9.17, 15) is 22.8 Å². The van der Waals surface area contributed by atoms with Gasteiger partial charge in [-0.2, -0.15) is 13.2 Å². The molecule has 2 amide bonds. The Morgan fingerprint density at radius 1 is 1.12 bits per heavy atom. The van der Waals surface area contributed by atoms with E-state index >= 15 is 0 Å². The maximum Gasteiger partial charge on any atom is 0.425 e. The third-order valence-corrected chi connectivity index (χ3v) is 9.22. The number of thiophene rings is 2. The lowest BCUT2D eigenvalue weighted by Gasteiger charge is -2.24. The van der Waals surface area contributed by atoms with E-state index in [1.807, 2.05) is 0 Å². The fourth-order valence-electron chi connectivity index (χ4n) is 5.10. The van der Waals surface area contributed by atoms with Crippen LogP contribution in [0.3, 0.4) is 0 Å². The van der Waals surface area contributed by atoms with Crippen molar-refractivity contribution in [3.8, 4) is 0 Å². The van der Waals surface area contributed by atoms with Crippen LogP contribution in [-0.4, -0.2) is 18.6 Å². The topological polar surface area (TPSA) is 67.4 Å². The van der Waals surface area contributed by atoms with Crippen LogP contribution in [-0.2, 0) is 36.7 Å². The number of anilines is 1. The Hall–Kier alpha value is -2.07. The highest BCUT2D eigenvalue weighted by Gasteiger charge is 2.38. The summed E-state index contributed by atoms with van der Waals surface area (Å²) in [6, 6.07) is -0.631. The molecular weight excluding hydrogens is 485 g/mol. The summed E-state index contributed by atoms with van der Waals surface area (Å²) in [5.74, 6) is 0.169. The second-order valence-electron chi connectivity index (χ2n) is 9.14. The van der Waals surface area contributed by atoms with Crippen LogP contribution >= 0.6 is 22.7 Å². The normalized spacial score (nSPS) is 19.8. The van der Waals surface area contributed by atoms with Crippen LogP contribution in [0.1, 0.15) is 87.6 Å². The Labute approximate surface area is 205 Å². The molecule has 0 fully saturated rings. The molecule has 10 heteroatoms. The molecule has 0 radical (unpaired) electrons. The fourth-order valence-corrected chi connectivity index (χ4v) is 7.65. The molecule has 5 nitrogen and oxygen atoms in total. The summed E-state index contributed by atoms with van der Waals surface area (Å²) < 4.78 is 46.2. The number of hydrogen-bond acceptors (Lipinski definition) is 5. The molecule has 0 bridgehead atoms. The van der Waals surface area contributed by atoms with Gasteiger partial charge in [-0.3, -0.25) is 5.32 Å². The van der Waals surface area contributed by atoms with Crippen LogP contribution in [0.5, 0.6) is 0 Å². The van der Waals surface area contributed by atoms with Crippen LogP contribution in [0.25, 0.3) is 0 Å². The van der Waals surface area contributed by atoms with Crippen molar-refractivity contribution in [3.63, 3.8) is 0 Å². The predicted octanol–water partition coefficient (Wildman–Crippen LogP) is 6.89. The molecule has 0 spiro atoms. The van der Waals surface area contributed by atoms with E-state index in [2.05, 4.69) is 24.5 Å². The molecule has 34 heavy (non-hydrogen) atoms. The minimum Gasteiger partial charge on any atom is -0.462 e. The summed E-state index contributed by atoms with van der Waals surface area (Å²) >= 11 is 2.16. The number of carbonyl (C=O) groups is 2. The monoisotopic (exact) mass is 514 g/mol. The number of carbonyl (C=O) groups excluding carboxylic acids is 2. The first-order chi connectivity index (χ1) is 16.1. The van der Waals surface area contributed by atoms with Crippen LogP contribution < -0.4 is 10.6 Å². The Morgan fingerprint density at radius 2 is 1.85 bits per heavy atom. The highest BCUT2D eigenvalue weighted by molar-refractivity contribution is 7.17. The molecule has 2 heterocycles. The minimum absolute atomic E-state index is 0.167. The van der Waals surface area contributed by atoms with Gasteiger partial charge in [-0.1, -0.05) is 13.8 Å². The molecule has 2 aromatic heterocycles.